The first-order valence-electron chi connectivity index (χ1n) is 9.61. The van der Waals surface area contributed by atoms with Crippen LogP contribution in [-0.4, -0.2) is 35.7 Å². The molecule has 0 spiro atoms. The third kappa shape index (κ3) is 3.94. The molecule has 0 saturated carbocycles. The van der Waals surface area contributed by atoms with Crippen LogP contribution in [0.2, 0.25) is 0 Å². The molecule has 0 bridgehead atoms. The summed E-state index contributed by atoms with van der Waals surface area (Å²) in [5.74, 6) is 0. The summed E-state index contributed by atoms with van der Waals surface area (Å²) in [4.78, 5) is 6.75. The Bertz CT molecular complexity index is 654. The van der Waals surface area contributed by atoms with Gasteiger partial charge < -0.3 is 4.74 Å². The van der Waals surface area contributed by atoms with Crippen molar-refractivity contribution in [1.82, 2.24) is 9.88 Å². The maximum Gasteiger partial charge on any atom is 0.0645 e. The number of hydrogen-bond donors (Lipinski definition) is 0. The molecule has 2 atom stereocenters. The Morgan fingerprint density at radius 3 is 2.68 bits per heavy atom. The van der Waals surface area contributed by atoms with Crippen LogP contribution in [-0.2, 0) is 17.7 Å². The molecule has 2 unspecified atom stereocenters. The lowest BCUT2D eigenvalue weighted by molar-refractivity contribution is -0.00181. The average Bonchev–Trinajstić information content (AvgIpc) is 3.33. The molecule has 0 radical (unpaired) electrons. The van der Waals surface area contributed by atoms with Crippen LogP contribution in [0.1, 0.15) is 36.8 Å². The molecular weight excluding hydrogens is 308 g/mol. The molecule has 0 aliphatic carbocycles. The molecule has 3 heteroatoms. The van der Waals surface area contributed by atoms with Crippen molar-refractivity contribution in [2.75, 3.05) is 19.7 Å². The van der Waals surface area contributed by atoms with Gasteiger partial charge in [0.05, 0.1) is 6.10 Å². The first-order valence-corrected chi connectivity index (χ1v) is 9.61. The normalized spacial score (nSPS) is 27.0. The van der Waals surface area contributed by atoms with Gasteiger partial charge in [-0.2, -0.15) is 0 Å². The zero-order valence-electron chi connectivity index (χ0n) is 14.9. The van der Waals surface area contributed by atoms with Gasteiger partial charge in [0.2, 0.25) is 0 Å². The predicted molar refractivity (Wildman–Crippen MR) is 100 cm³/mol. The fourth-order valence-corrected chi connectivity index (χ4v) is 4.59. The van der Waals surface area contributed by atoms with E-state index in [0.717, 1.165) is 26.1 Å². The van der Waals surface area contributed by atoms with Crippen molar-refractivity contribution in [3.63, 3.8) is 0 Å². The van der Waals surface area contributed by atoms with Gasteiger partial charge in [-0.05, 0) is 61.9 Å². The second kappa shape index (κ2) is 7.67. The smallest absolute Gasteiger partial charge is 0.0645 e. The van der Waals surface area contributed by atoms with Gasteiger partial charge >= 0.3 is 0 Å². The van der Waals surface area contributed by atoms with E-state index in [9.17, 15) is 0 Å². The fourth-order valence-electron chi connectivity index (χ4n) is 4.59. The van der Waals surface area contributed by atoms with Gasteiger partial charge in [0, 0.05) is 37.5 Å². The number of nitrogens with zero attached hydrogens (tertiary/aromatic N) is 2. The molecule has 3 nitrogen and oxygen atoms in total. The van der Waals surface area contributed by atoms with E-state index in [2.05, 4.69) is 52.3 Å². The Labute approximate surface area is 151 Å². The van der Waals surface area contributed by atoms with Crippen molar-refractivity contribution < 1.29 is 4.74 Å². The zero-order valence-corrected chi connectivity index (χ0v) is 14.9. The maximum atomic E-state index is 6.19. The van der Waals surface area contributed by atoms with Crippen LogP contribution in [0.4, 0.5) is 0 Å². The lowest BCUT2D eigenvalue weighted by Crippen LogP contribution is -2.38. The molecule has 3 heterocycles. The highest BCUT2D eigenvalue weighted by Crippen LogP contribution is 2.43. The van der Waals surface area contributed by atoms with Crippen LogP contribution in [0.25, 0.3) is 0 Å². The monoisotopic (exact) mass is 336 g/mol. The van der Waals surface area contributed by atoms with Crippen molar-refractivity contribution >= 4 is 0 Å². The number of benzene rings is 1. The highest BCUT2D eigenvalue weighted by Gasteiger charge is 2.45. The van der Waals surface area contributed by atoms with E-state index in [1.807, 2.05) is 12.4 Å². The number of pyridine rings is 1. The van der Waals surface area contributed by atoms with E-state index >= 15 is 0 Å². The predicted octanol–water partition coefficient (Wildman–Crippen LogP) is 4.09. The topological polar surface area (TPSA) is 25.4 Å². The van der Waals surface area contributed by atoms with Gasteiger partial charge in [-0.15, -0.1) is 0 Å². The van der Waals surface area contributed by atoms with E-state index in [1.165, 1.54) is 43.4 Å². The summed E-state index contributed by atoms with van der Waals surface area (Å²) in [5, 5.41) is 0. The molecule has 132 valence electrons. The summed E-state index contributed by atoms with van der Waals surface area (Å²) in [5.41, 5.74) is 3.13. The third-order valence-electron chi connectivity index (χ3n) is 5.99. The molecule has 1 aromatic heterocycles. The van der Waals surface area contributed by atoms with Crippen LogP contribution in [0.5, 0.6) is 0 Å². The van der Waals surface area contributed by atoms with Crippen molar-refractivity contribution in [1.29, 1.82) is 0 Å². The summed E-state index contributed by atoms with van der Waals surface area (Å²) < 4.78 is 6.19. The highest BCUT2D eigenvalue weighted by atomic mass is 16.5. The van der Waals surface area contributed by atoms with Gasteiger partial charge in [0.1, 0.15) is 0 Å². The minimum atomic E-state index is 0.319. The summed E-state index contributed by atoms with van der Waals surface area (Å²) in [6, 6.07) is 15.2. The standard InChI is InChI=1S/C22H28N2O/c1-2-5-19(6-3-1)8-11-22(21-7-4-16-25-21)12-15-24(18-22)17-20-9-13-23-14-10-20/h1-3,5-6,9-10,13-14,21H,4,7-8,11-12,15-18H2. The van der Waals surface area contributed by atoms with Gasteiger partial charge in [-0.3, -0.25) is 9.88 Å². The third-order valence-corrected chi connectivity index (χ3v) is 5.99. The highest BCUT2D eigenvalue weighted by molar-refractivity contribution is 5.16. The first-order chi connectivity index (χ1) is 12.3. The summed E-state index contributed by atoms with van der Waals surface area (Å²) >= 11 is 0. The molecule has 4 rings (SSSR count). The van der Waals surface area contributed by atoms with Crippen LogP contribution < -0.4 is 0 Å². The van der Waals surface area contributed by atoms with Gasteiger partial charge in [0.15, 0.2) is 0 Å². The van der Waals surface area contributed by atoms with E-state index in [-0.39, 0.29) is 0 Å². The van der Waals surface area contributed by atoms with Crippen LogP contribution in [0, 0.1) is 5.41 Å². The maximum absolute atomic E-state index is 6.19. The lowest BCUT2D eigenvalue weighted by Gasteiger charge is -2.35. The Morgan fingerprint density at radius 2 is 1.92 bits per heavy atom. The Balaban J connectivity index is 1.45. The van der Waals surface area contributed by atoms with Crippen molar-refractivity contribution in [3.8, 4) is 0 Å². The fraction of sp³-hybridized carbons (Fsp3) is 0.500. The zero-order chi connectivity index (χ0) is 17.0. The molecule has 2 aliphatic rings. The lowest BCUT2D eigenvalue weighted by atomic mass is 9.75. The number of aromatic nitrogens is 1. The molecule has 2 aliphatic heterocycles. The van der Waals surface area contributed by atoms with E-state index in [4.69, 9.17) is 4.74 Å². The van der Waals surface area contributed by atoms with Crippen LogP contribution >= 0.6 is 0 Å². The van der Waals surface area contributed by atoms with E-state index < -0.39 is 0 Å². The second-order valence-electron chi connectivity index (χ2n) is 7.67. The first kappa shape index (κ1) is 16.7. The molecule has 25 heavy (non-hydrogen) atoms. The number of ether oxygens (including phenoxy) is 1. The van der Waals surface area contributed by atoms with Crippen molar-refractivity contribution in [2.24, 2.45) is 5.41 Å². The molecular formula is C22H28N2O. The molecule has 0 amide bonds. The second-order valence-corrected chi connectivity index (χ2v) is 7.67. The van der Waals surface area contributed by atoms with Crippen LogP contribution in [0.15, 0.2) is 54.9 Å². The van der Waals surface area contributed by atoms with Gasteiger partial charge in [-0.25, -0.2) is 0 Å². The summed E-state index contributed by atoms with van der Waals surface area (Å²) in [6.07, 6.45) is 10.3. The molecule has 2 saturated heterocycles. The van der Waals surface area contributed by atoms with E-state index in [1.54, 1.807) is 0 Å². The summed E-state index contributed by atoms with van der Waals surface area (Å²) in [6.45, 7) is 4.31. The quantitative estimate of drug-likeness (QED) is 0.794. The number of hydrogen-bond acceptors (Lipinski definition) is 3. The minimum absolute atomic E-state index is 0.319. The Morgan fingerprint density at radius 1 is 1.08 bits per heavy atom. The largest absolute Gasteiger partial charge is 0.378 e. The number of likely N-dealkylation sites (tertiary alicyclic amines) is 1. The van der Waals surface area contributed by atoms with Crippen molar-refractivity contribution in [3.05, 3.63) is 66.0 Å². The number of aryl methyl sites for hydroxylation is 1. The van der Waals surface area contributed by atoms with Gasteiger partial charge in [-0.1, -0.05) is 30.3 Å². The average molecular weight is 336 g/mol. The number of rotatable bonds is 6. The van der Waals surface area contributed by atoms with Crippen LogP contribution in [0.3, 0.4) is 0 Å². The van der Waals surface area contributed by atoms with Crippen molar-refractivity contribution in [2.45, 2.75) is 44.8 Å². The molecule has 2 aromatic rings. The summed E-state index contributed by atoms with van der Waals surface area (Å²) in [7, 11) is 0. The van der Waals surface area contributed by atoms with E-state index in [0.29, 0.717) is 11.5 Å². The Kier molecular flexibility index (Phi) is 5.14. The minimum Gasteiger partial charge on any atom is -0.378 e. The molecule has 0 N–H and O–H groups in total. The molecule has 1 aromatic carbocycles. The molecule has 2 fully saturated rings. The SMILES string of the molecule is c1ccc(CCC2(C3CCCO3)CCN(Cc3ccncc3)C2)cc1. The van der Waals surface area contributed by atoms with Gasteiger partial charge in [0.25, 0.3) is 0 Å². The Hall–Kier alpha value is -1.71.